The lowest BCUT2D eigenvalue weighted by atomic mass is 10.4. The Balaban J connectivity index is 1.90. The number of ether oxygens (including phenoxy) is 1. The van der Waals surface area contributed by atoms with E-state index < -0.39 is 0 Å². The van der Waals surface area contributed by atoms with Gasteiger partial charge in [0.05, 0.1) is 18.5 Å². The van der Waals surface area contributed by atoms with E-state index in [1.54, 1.807) is 11.3 Å². The monoisotopic (exact) mass is 173 g/mol. The molecular weight excluding hydrogens is 166 g/mol. The second-order valence-corrected chi connectivity index (χ2v) is 4.52. The van der Waals surface area contributed by atoms with Gasteiger partial charge in [0.2, 0.25) is 0 Å². The second-order valence-electron chi connectivity index (χ2n) is 2.08. The predicted molar refractivity (Wildman–Crippen MR) is 42.6 cm³/mol. The highest BCUT2D eigenvalue weighted by Crippen LogP contribution is 2.28. The zero-order valence-corrected chi connectivity index (χ0v) is 6.95. The van der Waals surface area contributed by atoms with Crippen LogP contribution in [0, 0.1) is 0 Å². The van der Waals surface area contributed by atoms with Gasteiger partial charge in [-0.3, -0.25) is 0 Å². The quantitative estimate of drug-likeness (QED) is 0.678. The van der Waals surface area contributed by atoms with Crippen molar-refractivity contribution in [2.24, 2.45) is 0 Å². The largest absolute Gasteiger partial charge is 0.379 e. The first-order valence-electron chi connectivity index (χ1n) is 3.09. The normalized spacial score (nSPS) is 18.8. The van der Waals surface area contributed by atoms with Crippen LogP contribution in [0.3, 0.4) is 0 Å². The molecule has 1 aliphatic heterocycles. The van der Waals surface area contributed by atoms with Gasteiger partial charge in [0.25, 0.3) is 0 Å². The minimum atomic E-state index is 0.658. The lowest BCUT2D eigenvalue weighted by Gasteiger charge is -2.23. The molecule has 0 saturated carbocycles. The number of thioether (sulfide) groups is 1. The Morgan fingerprint density at radius 2 is 2.60 bits per heavy atom. The van der Waals surface area contributed by atoms with E-state index >= 15 is 0 Å². The van der Waals surface area contributed by atoms with E-state index in [2.05, 4.69) is 4.98 Å². The van der Waals surface area contributed by atoms with Crippen LogP contribution >= 0.6 is 23.1 Å². The maximum atomic E-state index is 5.04. The van der Waals surface area contributed by atoms with E-state index in [9.17, 15) is 0 Å². The molecule has 0 unspecified atom stereocenters. The lowest BCUT2D eigenvalue weighted by Crippen LogP contribution is -2.29. The average molecular weight is 173 g/mol. The molecule has 0 bridgehead atoms. The Morgan fingerprint density at radius 3 is 3.10 bits per heavy atom. The number of thiazole rings is 1. The third-order valence-corrected chi connectivity index (χ3v) is 3.34. The summed E-state index contributed by atoms with van der Waals surface area (Å²) in [7, 11) is 0. The Kier molecular flexibility index (Phi) is 1.93. The number of hydrogen-bond acceptors (Lipinski definition) is 4. The average Bonchev–Trinajstić information content (AvgIpc) is 2.29. The molecule has 1 aromatic heterocycles. The molecule has 0 radical (unpaired) electrons. The summed E-state index contributed by atoms with van der Waals surface area (Å²) in [4.78, 5) is 4.16. The zero-order chi connectivity index (χ0) is 6.81. The number of rotatable bonds is 2. The van der Waals surface area contributed by atoms with Gasteiger partial charge in [0, 0.05) is 11.6 Å². The molecule has 1 saturated heterocycles. The molecule has 0 amide bonds. The SMILES string of the molecule is c1csc(SC2COC2)n1. The van der Waals surface area contributed by atoms with Crippen LogP contribution < -0.4 is 0 Å². The van der Waals surface area contributed by atoms with E-state index in [1.165, 1.54) is 0 Å². The summed E-state index contributed by atoms with van der Waals surface area (Å²) in [5.41, 5.74) is 0. The van der Waals surface area contributed by atoms with Crippen molar-refractivity contribution < 1.29 is 4.74 Å². The lowest BCUT2D eigenvalue weighted by molar-refractivity contribution is 0.0455. The van der Waals surface area contributed by atoms with Gasteiger partial charge in [-0.05, 0) is 0 Å². The van der Waals surface area contributed by atoms with Crippen LogP contribution in [0.1, 0.15) is 0 Å². The molecule has 2 rings (SSSR count). The molecule has 2 nitrogen and oxygen atoms in total. The van der Waals surface area contributed by atoms with Crippen LogP contribution in [0.15, 0.2) is 15.9 Å². The van der Waals surface area contributed by atoms with Gasteiger partial charge in [-0.15, -0.1) is 11.3 Å². The van der Waals surface area contributed by atoms with E-state index in [0.717, 1.165) is 17.6 Å². The topological polar surface area (TPSA) is 22.1 Å². The maximum absolute atomic E-state index is 5.04. The van der Waals surface area contributed by atoms with Crippen molar-refractivity contribution in [2.45, 2.75) is 9.59 Å². The Hall–Kier alpha value is -0.0600. The third kappa shape index (κ3) is 1.33. The first-order valence-corrected chi connectivity index (χ1v) is 4.85. The summed E-state index contributed by atoms with van der Waals surface area (Å²) < 4.78 is 6.20. The minimum Gasteiger partial charge on any atom is -0.379 e. The van der Waals surface area contributed by atoms with Gasteiger partial charge in [0.15, 0.2) is 0 Å². The molecule has 0 aromatic carbocycles. The third-order valence-electron chi connectivity index (χ3n) is 1.28. The number of hydrogen-bond donors (Lipinski definition) is 0. The zero-order valence-electron chi connectivity index (χ0n) is 5.32. The van der Waals surface area contributed by atoms with Crippen molar-refractivity contribution in [3.8, 4) is 0 Å². The van der Waals surface area contributed by atoms with Crippen LogP contribution in [0.4, 0.5) is 0 Å². The van der Waals surface area contributed by atoms with E-state index in [0.29, 0.717) is 5.25 Å². The summed E-state index contributed by atoms with van der Waals surface area (Å²) in [6.45, 7) is 1.79. The summed E-state index contributed by atoms with van der Waals surface area (Å²) in [6.07, 6.45) is 1.84. The van der Waals surface area contributed by atoms with Crippen molar-refractivity contribution >= 4 is 23.1 Å². The fourth-order valence-corrected chi connectivity index (χ4v) is 2.59. The van der Waals surface area contributed by atoms with E-state index in [1.807, 2.05) is 23.3 Å². The fourth-order valence-electron chi connectivity index (χ4n) is 0.693. The van der Waals surface area contributed by atoms with Crippen LogP contribution in [0.2, 0.25) is 0 Å². The van der Waals surface area contributed by atoms with Crippen molar-refractivity contribution in [3.05, 3.63) is 11.6 Å². The molecular formula is C6H7NOS2. The Bertz CT molecular complexity index is 196. The Morgan fingerprint density at radius 1 is 1.70 bits per heavy atom. The van der Waals surface area contributed by atoms with Gasteiger partial charge < -0.3 is 4.74 Å². The summed E-state index contributed by atoms with van der Waals surface area (Å²) >= 11 is 3.52. The van der Waals surface area contributed by atoms with Gasteiger partial charge in [0.1, 0.15) is 4.34 Å². The van der Waals surface area contributed by atoms with Crippen molar-refractivity contribution in [1.82, 2.24) is 4.98 Å². The van der Waals surface area contributed by atoms with Crippen LogP contribution in [0.25, 0.3) is 0 Å². The second kappa shape index (κ2) is 2.90. The summed E-state index contributed by atoms with van der Waals surface area (Å²) in [5.74, 6) is 0. The number of aromatic nitrogens is 1. The van der Waals surface area contributed by atoms with Gasteiger partial charge in [-0.25, -0.2) is 4.98 Å². The first kappa shape index (κ1) is 6.64. The molecule has 10 heavy (non-hydrogen) atoms. The molecule has 0 aliphatic carbocycles. The fraction of sp³-hybridized carbons (Fsp3) is 0.500. The van der Waals surface area contributed by atoms with Gasteiger partial charge in [-0.2, -0.15) is 0 Å². The predicted octanol–water partition coefficient (Wildman–Crippen LogP) is 1.63. The van der Waals surface area contributed by atoms with Crippen LogP contribution in [-0.4, -0.2) is 23.4 Å². The summed E-state index contributed by atoms with van der Waals surface area (Å²) in [6, 6.07) is 0. The van der Waals surface area contributed by atoms with Gasteiger partial charge in [-0.1, -0.05) is 11.8 Å². The number of nitrogens with zero attached hydrogens (tertiary/aromatic N) is 1. The highest BCUT2D eigenvalue weighted by Gasteiger charge is 2.20. The molecule has 0 atom stereocenters. The molecule has 0 spiro atoms. The molecule has 1 aromatic rings. The van der Waals surface area contributed by atoms with Crippen molar-refractivity contribution in [2.75, 3.05) is 13.2 Å². The first-order chi connectivity index (χ1) is 4.95. The molecule has 2 heterocycles. The Labute approximate surface area is 67.6 Å². The molecule has 1 fully saturated rings. The minimum absolute atomic E-state index is 0.658. The van der Waals surface area contributed by atoms with Gasteiger partial charge >= 0.3 is 0 Å². The van der Waals surface area contributed by atoms with E-state index in [-0.39, 0.29) is 0 Å². The van der Waals surface area contributed by atoms with E-state index in [4.69, 9.17) is 4.74 Å². The standard InChI is InChI=1S/C6H7NOS2/c1-2-9-6(7-1)10-5-3-8-4-5/h1-2,5H,3-4H2. The van der Waals surface area contributed by atoms with Crippen molar-refractivity contribution in [3.63, 3.8) is 0 Å². The van der Waals surface area contributed by atoms with Crippen molar-refractivity contribution in [1.29, 1.82) is 0 Å². The summed E-state index contributed by atoms with van der Waals surface area (Å²) in [5, 5.41) is 2.66. The molecule has 54 valence electrons. The highest BCUT2D eigenvalue weighted by atomic mass is 32.2. The maximum Gasteiger partial charge on any atom is 0.150 e. The highest BCUT2D eigenvalue weighted by molar-refractivity contribution is 8.01. The van der Waals surface area contributed by atoms with Crippen LogP contribution in [0.5, 0.6) is 0 Å². The van der Waals surface area contributed by atoms with Crippen LogP contribution in [-0.2, 0) is 4.74 Å². The molecule has 0 N–H and O–H groups in total. The molecule has 4 heteroatoms. The molecule has 1 aliphatic rings. The smallest absolute Gasteiger partial charge is 0.150 e.